The van der Waals surface area contributed by atoms with Gasteiger partial charge in [-0.1, -0.05) is 24.3 Å². The molecule has 30 heavy (non-hydrogen) atoms. The van der Waals surface area contributed by atoms with Gasteiger partial charge >= 0.3 is 0 Å². The van der Waals surface area contributed by atoms with Crippen LogP contribution in [-0.4, -0.2) is 24.0 Å². The number of nitrogens with one attached hydrogen (secondary N) is 1. The molecule has 1 fully saturated rings. The number of rotatable bonds is 6. The standard InChI is InChI=1S/C24H27N5O/c25-24(27-18-19-12-13-26-23(16-19)29-14-5-2-6-15-29)28-20-8-7-11-22(17-20)30-21-9-3-1-4-10-21/h1,3-4,7-13,16-17H,2,5-6,14-15,18H2,(H3,25,27,28). The summed E-state index contributed by atoms with van der Waals surface area (Å²) in [7, 11) is 0. The van der Waals surface area contributed by atoms with Gasteiger partial charge in [0.1, 0.15) is 17.3 Å². The molecule has 2 aromatic carbocycles. The first-order valence-electron chi connectivity index (χ1n) is 10.4. The molecule has 0 radical (unpaired) electrons. The van der Waals surface area contributed by atoms with Crippen LogP contribution in [0.25, 0.3) is 0 Å². The molecule has 6 heteroatoms. The second-order valence-corrected chi connectivity index (χ2v) is 7.34. The number of hydrogen-bond donors (Lipinski definition) is 2. The fourth-order valence-electron chi connectivity index (χ4n) is 3.48. The Hall–Kier alpha value is -3.54. The van der Waals surface area contributed by atoms with Crippen molar-refractivity contribution in [3.63, 3.8) is 0 Å². The molecule has 0 spiro atoms. The first kappa shape index (κ1) is 19.8. The highest BCUT2D eigenvalue weighted by Gasteiger charge is 2.12. The minimum atomic E-state index is 0.364. The summed E-state index contributed by atoms with van der Waals surface area (Å²) in [4.78, 5) is 11.3. The minimum Gasteiger partial charge on any atom is -0.457 e. The monoisotopic (exact) mass is 401 g/mol. The van der Waals surface area contributed by atoms with Gasteiger partial charge in [0.2, 0.25) is 0 Å². The lowest BCUT2D eigenvalue weighted by Gasteiger charge is -2.27. The number of para-hydroxylation sites is 1. The molecule has 0 unspecified atom stereocenters. The summed E-state index contributed by atoms with van der Waals surface area (Å²) in [5.41, 5.74) is 8.03. The van der Waals surface area contributed by atoms with Crippen molar-refractivity contribution in [2.45, 2.75) is 25.8 Å². The van der Waals surface area contributed by atoms with Crippen LogP contribution < -0.4 is 20.7 Å². The number of aromatic nitrogens is 1. The lowest BCUT2D eigenvalue weighted by molar-refractivity contribution is 0.483. The molecular weight excluding hydrogens is 374 g/mol. The average Bonchev–Trinajstić information content (AvgIpc) is 2.79. The zero-order valence-corrected chi connectivity index (χ0v) is 17.0. The number of hydrogen-bond acceptors (Lipinski definition) is 4. The van der Waals surface area contributed by atoms with Crippen molar-refractivity contribution < 1.29 is 4.74 Å². The molecule has 4 rings (SSSR count). The van der Waals surface area contributed by atoms with Gasteiger partial charge in [-0.2, -0.15) is 0 Å². The van der Waals surface area contributed by atoms with Gasteiger partial charge in [0.25, 0.3) is 0 Å². The van der Waals surface area contributed by atoms with E-state index in [-0.39, 0.29) is 0 Å². The molecule has 1 aromatic heterocycles. The van der Waals surface area contributed by atoms with Crippen LogP contribution in [0.2, 0.25) is 0 Å². The molecule has 0 amide bonds. The first-order valence-corrected chi connectivity index (χ1v) is 10.4. The number of guanidine groups is 1. The number of ether oxygens (including phenoxy) is 1. The van der Waals surface area contributed by atoms with Crippen molar-refractivity contribution in [3.05, 3.63) is 78.5 Å². The molecule has 3 aromatic rings. The van der Waals surface area contributed by atoms with Crippen LogP contribution >= 0.6 is 0 Å². The summed E-state index contributed by atoms with van der Waals surface area (Å²) in [6.45, 7) is 2.65. The SMILES string of the molecule is NC(=NCc1ccnc(N2CCCCC2)c1)Nc1cccc(Oc2ccccc2)c1. The van der Waals surface area contributed by atoms with E-state index in [4.69, 9.17) is 10.5 Å². The van der Waals surface area contributed by atoms with Gasteiger partial charge in [-0.15, -0.1) is 0 Å². The summed E-state index contributed by atoms with van der Waals surface area (Å²) in [6.07, 6.45) is 5.62. The lowest BCUT2D eigenvalue weighted by atomic mass is 10.1. The van der Waals surface area contributed by atoms with E-state index in [0.29, 0.717) is 12.5 Å². The average molecular weight is 402 g/mol. The van der Waals surface area contributed by atoms with E-state index in [2.05, 4.69) is 26.3 Å². The molecule has 1 saturated heterocycles. The van der Waals surface area contributed by atoms with Gasteiger partial charge in [-0.25, -0.2) is 9.98 Å². The van der Waals surface area contributed by atoms with Crippen LogP contribution in [0.5, 0.6) is 11.5 Å². The number of piperidine rings is 1. The maximum absolute atomic E-state index is 6.11. The quantitative estimate of drug-likeness (QED) is 0.459. The van der Waals surface area contributed by atoms with Crippen LogP contribution in [0.15, 0.2) is 77.9 Å². The summed E-state index contributed by atoms with van der Waals surface area (Å²) in [6, 6.07) is 21.4. The number of anilines is 2. The van der Waals surface area contributed by atoms with Crippen LogP contribution in [0.3, 0.4) is 0 Å². The van der Waals surface area contributed by atoms with E-state index in [0.717, 1.165) is 41.7 Å². The topological polar surface area (TPSA) is 75.8 Å². The summed E-state index contributed by atoms with van der Waals surface area (Å²) in [5, 5.41) is 3.14. The highest BCUT2D eigenvalue weighted by molar-refractivity contribution is 5.92. The highest BCUT2D eigenvalue weighted by atomic mass is 16.5. The van der Waals surface area contributed by atoms with Crippen molar-refractivity contribution in [3.8, 4) is 11.5 Å². The van der Waals surface area contributed by atoms with Crippen molar-refractivity contribution in [1.82, 2.24) is 4.98 Å². The molecule has 0 atom stereocenters. The van der Waals surface area contributed by atoms with Gasteiger partial charge in [-0.05, 0) is 61.2 Å². The van der Waals surface area contributed by atoms with Gasteiger partial charge in [0.05, 0.1) is 6.54 Å². The maximum atomic E-state index is 6.11. The van der Waals surface area contributed by atoms with Crippen LogP contribution in [0, 0.1) is 0 Å². The molecule has 154 valence electrons. The first-order chi connectivity index (χ1) is 14.8. The molecule has 2 heterocycles. The third-order valence-corrected chi connectivity index (χ3v) is 5.01. The number of nitrogens with zero attached hydrogens (tertiary/aromatic N) is 3. The molecule has 1 aliphatic rings. The van der Waals surface area contributed by atoms with Crippen molar-refractivity contribution >= 4 is 17.5 Å². The second kappa shape index (κ2) is 9.78. The van der Waals surface area contributed by atoms with E-state index in [1.807, 2.05) is 66.9 Å². The Labute approximate surface area is 177 Å². The largest absolute Gasteiger partial charge is 0.457 e. The third kappa shape index (κ3) is 5.50. The summed E-state index contributed by atoms with van der Waals surface area (Å²) in [5.74, 6) is 2.92. The maximum Gasteiger partial charge on any atom is 0.193 e. The second-order valence-electron chi connectivity index (χ2n) is 7.34. The molecule has 0 bridgehead atoms. The van der Waals surface area contributed by atoms with Gasteiger partial charge < -0.3 is 20.7 Å². The summed E-state index contributed by atoms with van der Waals surface area (Å²) >= 11 is 0. The lowest BCUT2D eigenvalue weighted by Crippen LogP contribution is -2.30. The molecular formula is C24H27N5O. The predicted molar refractivity (Wildman–Crippen MR) is 122 cm³/mol. The Morgan fingerprint density at radius 2 is 1.77 bits per heavy atom. The zero-order chi connectivity index (χ0) is 20.6. The van der Waals surface area contributed by atoms with E-state index in [9.17, 15) is 0 Å². The van der Waals surface area contributed by atoms with E-state index >= 15 is 0 Å². The smallest absolute Gasteiger partial charge is 0.193 e. The Kier molecular flexibility index (Phi) is 6.44. The van der Waals surface area contributed by atoms with E-state index in [1.54, 1.807) is 0 Å². The van der Waals surface area contributed by atoms with Crippen molar-refractivity contribution in [2.24, 2.45) is 10.7 Å². The van der Waals surface area contributed by atoms with Crippen LogP contribution in [0.4, 0.5) is 11.5 Å². The third-order valence-electron chi connectivity index (χ3n) is 5.01. The predicted octanol–water partition coefficient (Wildman–Crippen LogP) is 4.79. The molecule has 6 nitrogen and oxygen atoms in total. The Bertz CT molecular complexity index is 984. The molecule has 3 N–H and O–H groups in total. The fourth-order valence-corrected chi connectivity index (χ4v) is 3.48. The normalized spacial score (nSPS) is 14.4. The van der Waals surface area contributed by atoms with E-state index < -0.39 is 0 Å². The Balaban J connectivity index is 1.37. The number of aliphatic imine (C=N–C) groups is 1. The minimum absolute atomic E-state index is 0.364. The van der Waals surface area contributed by atoms with Crippen LogP contribution in [-0.2, 0) is 6.54 Å². The fraction of sp³-hybridized carbons (Fsp3) is 0.250. The highest BCUT2D eigenvalue weighted by Crippen LogP contribution is 2.24. The molecule has 0 aliphatic carbocycles. The summed E-state index contributed by atoms with van der Waals surface area (Å²) < 4.78 is 5.87. The van der Waals surface area contributed by atoms with Gasteiger partial charge in [0, 0.05) is 31.0 Å². The van der Waals surface area contributed by atoms with Crippen LogP contribution in [0.1, 0.15) is 24.8 Å². The number of pyridine rings is 1. The molecule has 1 aliphatic heterocycles. The van der Waals surface area contributed by atoms with Gasteiger partial charge in [0.15, 0.2) is 5.96 Å². The Morgan fingerprint density at radius 3 is 2.60 bits per heavy atom. The number of nitrogens with two attached hydrogens (primary N) is 1. The van der Waals surface area contributed by atoms with Gasteiger partial charge in [-0.3, -0.25) is 0 Å². The number of benzene rings is 2. The van der Waals surface area contributed by atoms with Crippen molar-refractivity contribution in [1.29, 1.82) is 0 Å². The van der Waals surface area contributed by atoms with E-state index in [1.165, 1.54) is 19.3 Å². The molecule has 0 saturated carbocycles. The Morgan fingerprint density at radius 1 is 0.967 bits per heavy atom. The zero-order valence-electron chi connectivity index (χ0n) is 17.0. The van der Waals surface area contributed by atoms with Crippen molar-refractivity contribution in [2.75, 3.05) is 23.3 Å².